The smallest absolute Gasteiger partial charge is 0.311 e. The number of fused-ring (bicyclic) bond motifs is 1. The number of aryl methyl sites for hydroxylation is 1. The van der Waals surface area contributed by atoms with Crippen LogP contribution in [0.1, 0.15) is 12.0 Å². The molecule has 0 spiro atoms. The Morgan fingerprint density at radius 3 is 2.24 bits per heavy atom. The number of hydrogen-bond donors (Lipinski definition) is 5. The molecule has 4 rings (SSSR count). The van der Waals surface area contributed by atoms with Gasteiger partial charge in [-0.15, -0.1) is 0 Å². The van der Waals surface area contributed by atoms with Gasteiger partial charge in [-0.3, -0.25) is 9.59 Å². The SMILES string of the molecule is O=C(CCc1ccc(O)cc1)Oc1c(-c2ccc(O)c(O)c2)oc2cc(O)cc(O)c2c1=O. The Hall–Kier alpha value is -4.66. The molecule has 0 radical (unpaired) electrons. The van der Waals surface area contributed by atoms with E-state index in [4.69, 9.17) is 9.15 Å². The zero-order valence-electron chi connectivity index (χ0n) is 17.0. The summed E-state index contributed by atoms with van der Waals surface area (Å²) < 4.78 is 11.0. The third-order valence-corrected chi connectivity index (χ3v) is 4.93. The third kappa shape index (κ3) is 4.38. The van der Waals surface area contributed by atoms with Gasteiger partial charge in [-0.05, 0) is 42.3 Å². The molecule has 0 bridgehead atoms. The summed E-state index contributed by atoms with van der Waals surface area (Å²) in [5.74, 6) is -3.29. The van der Waals surface area contributed by atoms with Crippen LogP contribution in [0.5, 0.6) is 34.5 Å². The van der Waals surface area contributed by atoms with Crippen LogP contribution < -0.4 is 10.2 Å². The molecule has 1 heterocycles. The van der Waals surface area contributed by atoms with Gasteiger partial charge in [0.15, 0.2) is 17.3 Å². The number of rotatable bonds is 5. The highest BCUT2D eigenvalue weighted by molar-refractivity contribution is 5.89. The molecule has 168 valence electrons. The summed E-state index contributed by atoms with van der Waals surface area (Å²) in [6, 6.07) is 11.9. The van der Waals surface area contributed by atoms with Crippen molar-refractivity contribution >= 4 is 16.9 Å². The van der Waals surface area contributed by atoms with Gasteiger partial charge in [0.25, 0.3) is 0 Å². The maximum absolute atomic E-state index is 13.1. The van der Waals surface area contributed by atoms with Gasteiger partial charge in [0.2, 0.25) is 11.2 Å². The van der Waals surface area contributed by atoms with Crippen LogP contribution in [0, 0.1) is 0 Å². The van der Waals surface area contributed by atoms with Gasteiger partial charge in [0.1, 0.15) is 28.2 Å². The highest BCUT2D eigenvalue weighted by atomic mass is 16.5. The fourth-order valence-corrected chi connectivity index (χ4v) is 3.29. The molecule has 4 aromatic rings. The van der Waals surface area contributed by atoms with Gasteiger partial charge in [0, 0.05) is 24.1 Å². The van der Waals surface area contributed by atoms with Crippen LogP contribution in [0.25, 0.3) is 22.3 Å². The molecule has 0 atom stereocenters. The van der Waals surface area contributed by atoms with Crippen LogP contribution in [0.2, 0.25) is 0 Å². The first kappa shape index (κ1) is 21.6. The van der Waals surface area contributed by atoms with E-state index in [2.05, 4.69) is 0 Å². The van der Waals surface area contributed by atoms with E-state index in [9.17, 15) is 35.1 Å². The van der Waals surface area contributed by atoms with E-state index >= 15 is 0 Å². The van der Waals surface area contributed by atoms with E-state index in [1.807, 2.05) is 0 Å². The summed E-state index contributed by atoms with van der Waals surface area (Å²) in [6.45, 7) is 0. The second kappa shape index (κ2) is 8.46. The summed E-state index contributed by atoms with van der Waals surface area (Å²) in [7, 11) is 0. The predicted octanol–water partition coefficient (Wildman–Crippen LogP) is 3.53. The molecule has 1 aromatic heterocycles. The number of phenols is 5. The normalized spacial score (nSPS) is 10.9. The quantitative estimate of drug-likeness (QED) is 0.227. The Morgan fingerprint density at radius 1 is 0.818 bits per heavy atom. The molecule has 0 aliphatic rings. The number of aromatic hydroxyl groups is 5. The van der Waals surface area contributed by atoms with Gasteiger partial charge in [-0.1, -0.05) is 12.1 Å². The second-order valence-electron chi connectivity index (χ2n) is 7.27. The fraction of sp³-hybridized carbons (Fsp3) is 0.0833. The summed E-state index contributed by atoms with van der Waals surface area (Å²) in [5.41, 5.74) is -0.182. The third-order valence-electron chi connectivity index (χ3n) is 4.93. The van der Waals surface area contributed by atoms with Crippen molar-refractivity contribution in [3.63, 3.8) is 0 Å². The summed E-state index contributed by atoms with van der Waals surface area (Å²) in [4.78, 5) is 25.7. The Balaban J connectivity index is 1.76. The van der Waals surface area contributed by atoms with Gasteiger partial charge in [0.05, 0.1) is 0 Å². The number of hydrogen-bond acceptors (Lipinski definition) is 9. The number of phenolic OH excluding ortho intramolecular Hbond substituents is 5. The predicted molar refractivity (Wildman–Crippen MR) is 117 cm³/mol. The van der Waals surface area contributed by atoms with Gasteiger partial charge in [-0.25, -0.2) is 0 Å². The Kier molecular flexibility index (Phi) is 5.53. The number of carbonyl (C=O) groups excluding carboxylic acids is 1. The summed E-state index contributed by atoms with van der Waals surface area (Å²) >= 11 is 0. The van der Waals surface area contributed by atoms with Crippen molar-refractivity contribution in [3.05, 3.63) is 70.4 Å². The molecule has 9 nitrogen and oxygen atoms in total. The van der Waals surface area contributed by atoms with E-state index < -0.39 is 34.4 Å². The first-order chi connectivity index (χ1) is 15.7. The van der Waals surface area contributed by atoms with Crippen LogP contribution in [0.4, 0.5) is 0 Å². The maximum atomic E-state index is 13.1. The Bertz CT molecular complexity index is 1420. The molecule has 0 aliphatic heterocycles. The van der Waals surface area contributed by atoms with Gasteiger partial charge < -0.3 is 34.7 Å². The number of carbonyl (C=O) groups is 1. The zero-order valence-corrected chi connectivity index (χ0v) is 17.0. The number of ether oxygens (including phenoxy) is 1. The van der Waals surface area contributed by atoms with Crippen molar-refractivity contribution in [1.82, 2.24) is 0 Å². The van der Waals surface area contributed by atoms with Crippen molar-refractivity contribution in [2.45, 2.75) is 12.8 Å². The van der Waals surface area contributed by atoms with Crippen molar-refractivity contribution in [3.8, 4) is 45.8 Å². The van der Waals surface area contributed by atoms with E-state index in [-0.39, 0.29) is 46.6 Å². The van der Waals surface area contributed by atoms with Crippen LogP contribution in [0.15, 0.2) is 63.8 Å². The Labute approximate surface area is 186 Å². The first-order valence-electron chi connectivity index (χ1n) is 9.76. The fourth-order valence-electron chi connectivity index (χ4n) is 3.29. The van der Waals surface area contributed by atoms with Crippen LogP contribution in [-0.2, 0) is 11.2 Å². The van der Waals surface area contributed by atoms with E-state index in [1.54, 1.807) is 12.1 Å². The lowest BCUT2D eigenvalue weighted by Crippen LogP contribution is -2.16. The van der Waals surface area contributed by atoms with Crippen molar-refractivity contribution in [2.24, 2.45) is 0 Å². The van der Waals surface area contributed by atoms with E-state index in [1.165, 1.54) is 18.2 Å². The Morgan fingerprint density at radius 2 is 1.55 bits per heavy atom. The van der Waals surface area contributed by atoms with Crippen LogP contribution >= 0.6 is 0 Å². The minimum Gasteiger partial charge on any atom is -0.508 e. The lowest BCUT2D eigenvalue weighted by Gasteiger charge is -2.12. The van der Waals surface area contributed by atoms with Crippen LogP contribution in [-0.4, -0.2) is 31.5 Å². The molecule has 0 saturated heterocycles. The van der Waals surface area contributed by atoms with Gasteiger partial charge in [-0.2, -0.15) is 0 Å². The number of esters is 1. The minimum absolute atomic E-state index is 0.0859. The molecule has 0 saturated carbocycles. The molecule has 5 N–H and O–H groups in total. The highest BCUT2D eigenvalue weighted by Crippen LogP contribution is 2.38. The van der Waals surface area contributed by atoms with Crippen molar-refractivity contribution in [1.29, 1.82) is 0 Å². The molecular weight excluding hydrogens is 432 g/mol. The van der Waals surface area contributed by atoms with E-state index in [0.717, 1.165) is 29.8 Å². The second-order valence-corrected chi connectivity index (χ2v) is 7.27. The van der Waals surface area contributed by atoms with Crippen molar-refractivity contribution in [2.75, 3.05) is 0 Å². The zero-order chi connectivity index (χ0) is 23.7. The minimum atomic E-state index is -0.866. The van der Waals surface area contributed by atoms with E-state index in [0.29, 0.717) is 0 Å². The largest absolute Gasteiger partial charge is 0.508 e. The molecule has 9 heteroatoms. The highest BCUT2D eigenvalue weighted by Gasteiger charge is 2.23. The molecule has 33 heavy (non-hydrogen) atoms. The first-order valence-corrected chi connectivity index (χ1v) is 9.76. The monoisotopic (exact) mass is 450 g/mol. The molecule has 0 unspecified atom stereocenters. The van der Waals surface area contributed by atoms with Gasteiger partial charge >= 0.3 is 5.97 Å². The average Bonchev–Trinajstić information content (AvgIpc) is 2.76. The van der Waals surface area contributed by atoms with Crippen molar-refractivity contribution < 1.29 is 39.5 Å². The lowest BCUT2D eigenvalue weighted by atomic mass is 10.1. The average molecular weight is 450 g/mol. The summed E-state index contributed by atoms with van der Waals surface area (Å²) in [6.07, 6.45) is 0.163. The lowest BCUT2D eigenvalue weighted by molar-refractivity contribution is -0.134. The molecule has 0 fully saturated rings. The maximum Gasteiger partial charge on any atom is 0.311 e. The van der Waals surface area contributed by atoms with Crippen LogP contribution in [0.3, 0.4) is 0 Å². The molecule has 0 aliphatic carbocycles. The standard InChI is InChI=1S/C24H18O9/c25-14-5-1-12(2-6-14)3-8-20(30)33-24-22(31)21-18(29)10-15(26)11-19(21)32-23(24)13-4-7-16(27)17(28)9-13/h1-2,4-7,9-11,25-29H,3,8H2. The number of benzene rings is 3. The molecular formula is C24H18O9. The molecule has 3 aromatic carbocycles. The topological polar surface area (TPSA) is 158 Å². The molecule has 0 amide bonds. The summed E-state index contributed by atoms with van der Waals surface area (Å²) in [5, 5.41) is 48.4.